The van der Waals surface area contributed by atoms with Crippen LogP contribution in [0.1, 0.15) is 10.5 Å². The first-order valence-electron chi connectivity index (χ1n) is 5.89. The van der Waals surface area contributed by atoms with Crippen molar-refractivity contribution in [2.45, 2.75) is 0 Å². The van der Waals surface area contributed by atoms with Crippen LogP contribution in [0.2, 0.25) is 0 Å². The summed E-state index contributed by atoms with van der Waals surface area (Å²) in [6.07, 6.45) is 4.10. The average molecular weight is 271 g/mol. The van der Waals surface area contributed by atoms with Crippen LogP contribution in [0.15, 0.2) is 53.6 Å². The van der Waals surface area contributed by atoms with Gasteiger partial charge in [0.2, 0.25) is 11.2 Å². The number of nitrogens with zero attached hydrogens (tertiary/aromatic N) is 2. The Morgan fingerprint density at radius 1 is 1.40 bits per heavy atom. The minimum Gasteiger partial charge on any atom is -0.508 e. The summed E-state index contributed by atoms with van der Waals surface area (Å²) in [5.41, 5.74) is -0.0776. The summed E-state index contributed by atoms with van der Waals surface area (Å²) < 4.78 is 1.36. The Balaban J connectivity index is 2.46. The van der Waals surface area contributed by atoms with Crippen molar-refractivity contribution >= 4 is 5.78 Å². The first kappa shape index (κ1) is 13.5. The van der Waals surface area contributed by atoms with E-state index in [2.05, 4.69) is 10.4 Å². The molecule has 0 aliphatic heterocycles. The Bertz CT molecular complexity index is 720. The van der Waals surface area contributed by atoms with Crippen LogP contribution in [0.4, 0.5) is 0 Å². The fourth-order valence-corrected chi connectivity index (χ4v) is 1.60. The number of benzene rings is 1. The van der Waals surface area contributed by atoms with Crippen molar-refractivity contribution in [2.24, 2.45) is 0 Å². The first-order valence-corrected chi connectivity index (χ1v) is 5.89. The molecule has 0 aliphatic rings. The van der Waals surface area contributed by atoms with Crippen molar-refractivity contribution in [3.63, 3.8) is 0 Å². The van der Waals surface area contributed by atoms with E-state index in [-0.39, 0.29) is 11.4 Å². The summed E-state index contributed by atoms with van der Waals surface area (Å²) >= 11 is 0. The molecule has 0 bridgehead atoms. The second-order valence-corrected chi connectivity index (χ2v) is 3.98. The number of ketones is 1. The van der Waals surface area contributed by atoms with Crippen molar-refractivity contribution in [3.05, 3.63) is 64.7 Å². The zero-order chi connectivity index (χ0) is 14.5. The van der Waals surface area contributed by atoms with Gasteiger partial charge in [0.15, 0.2) is 5.69 Å². The van der Waals surface area contributed by atoms with Crippen LogP contribution in [0, 0.1) is 0 Å². The van der Waals surface area contributed by atoms with Crippen molar-refractivity contribution in [2.75, 3.05) is 7.05 Å². The molecule has 1 aromatic carbocycles. The maximum Gasteiger partial charge on any atom is 0.211 e. The number of nitrogens with one attached hydrogen (secondary N) is 1. The number of allylic oxidation sites excluding steroid dienone is 1. The second kappa shape index (κ2) is 5.83. The summed E-state index contributed by atoms with van der Waals surface area (Å²) in [7, 11) is 1.65. The minimum absolute atomic E-state index is 0.0750. The first-order chi connectivity index (χ1) is 9.61. The predicted octanol–water partition coefficient (Wildman–Crippen LogP) is 0.854. The Hall–Kier alpha value is -2.89. The molecule has 0 amide bonds. The SMILES string of the molecule is CN/C=C/C(=O)c1nn(-c2cccc(O)c2)ccc1=O. The maximum absolute atomic E-state index is 11.8. The standard InChI is InChI=1S/C14H13N3O3/c1-15-7-5-12(19)14-13(20)6-8-17(16-14)10-3-2-4-11(18)9-10/h2-9,15,18H,1H3/b7-5+. The number of phenols is 1. The third kappa shape index (κ3) is 2.92. The number of carbonyl (C=O) groups is 1. The number of carbonyl (C=O) groups excluding carboxylic acids is 1. The number of phenolic OH excluding ortho intramolecular Hbond substituents is 1. The van der Waals surface area contributed by atoms with Crippen LogP contribution >= 0.6 is 0 Å². The highest BCUT2D eigenvalue weighted by atomic mass is 16.3. The molecule has 0 radical (unpaired) electrons. The zero-order valence-corrected chi connectivity index (χ0v) is 10.8. The molecule has 6 nitrogen and oxygen atoms in total. The van der Waals surface area contributed by atoms with E-state index < -0.39 is 11.2 Å². The molecule has 2 rings (SSSR count). The van der Waals surface area contributed by atoms with E-state index in [9.17, 15) is 14.7 Å². The molecule has 6 heteroatoms. The molecule has 0 fully saturated rings. The van der Waals surface area contributed by atoms with E-state index in [0.717, 1.165) is 0 Å². The number of aromatic hydroxyl groups is 1. The van der Waals surface area contributed by atoms with Crippen LogP contribution in [-0.4, -0.2) is 27.7 Å². The Morgan fingerprint density at radius 3 is 2.90 bits per heavy atom. The maximum atomic E-state index is 11.8. The Kier molecular flexibility index (Phi) is 3.95. The molecular weight excluding hydrogens is 258 g/mol. The van der Waals surface area contributed by atoms with Crippen LogP contribution in [0.25, 0.3) is 5.69 Å². The third-order valence-electron chi connectivity index (χ3n) is 2.54. The van der Waals surface area contributed by atoms with Gasteiger partial charge in [0, 0.05) is 37.7 Å². The van der Waals surface area contributed by atoms with E-state index in [1.165, 1.54) is 41.4 Å². The van der Waals surface area contributed by atoms with Gasteiger partial charge in [-0.25, -0.2) is 4.68 Å². The van der Waals surface area contributed by atoms with E-state index in [4.69, 9.17) is 0 Å². The van der Waals surface area contributed by atoms with E-state index in [0.29, 0.717) is 5.69 Å². The lowest BCUT2D eigenvalue weighted by molar-refractivity contribution is 0.103. The highest BCUT2D eigenvalue weighted by Gasteiger charge is 2.10. The molecular formula is C14H13N3O3. The van der Waals surface area contributed by atoms with Crippen molar-refractivity contribution in [3.8, 4) is 11.4 Å². The fraction of sp³-hybridized carbons (Fsp3) is 0.0714. The quantitative estimate of drug-likeness (QED) is 0.636. The molecule has 1 aromatic heterocycles. The molecule has 0 unspecified atom stereocenters. The van der Waals surface area contributed by atoms with Crippen LogP contribution in [0.5, 0.6) is 5.75 Å². The monoisotopic (exact) mass is 271 g/mol. The molecule has 0 saturated heterocycles. The van der Waals surface area contributed by atoms with Gasteiger partial charge in [0.1, 0.15) is 5.75 Å². The number of aromatic nitrogens is 2. The molecule has 0 aliphatic carbocycles. The number of hydrogen-bond donors (Lipinski definition) is 2. The average Bonchev–Trinajstić information content (AvgIpc) is 2.45. The minimum atomic E-state index is -0.487. The second-order valence-electron chi connectivity index (χ2n) is 3.98. The highest BCUT2D eigenvalue weighted by Crippen LogP contribution is 2.13. The molecule has 0 atom stereocenters. The number of rotatable bonds is 4. The lowest BCUT2D eigenvalue weighted by Crippen LogP contribution is -2.19. The molecule has 2 N–H and O–H groups in total. The van der Waals surface area contributed by atoms with E-state index in [1.807, 2.05) is 0 Å². The predicted molar refractivity (Wildman–Crippen MR) is 74.0 cm³/mol. The summed E-state index contributed by atoms with van der Waals surface area (Å²) in [6, 6.07) is 7.61. The van der Waals surface area contributed by atoms with Crippen molar-refractivity contribution < 1.29 is 9.90 Å². The smallest absolute Gasteiger partial charge is 0.211 e. The number of hydrogen-bond acceptors (Lipinski definition) is 5. The van der Waals surface area contributed by atoms with Gasteiger partial charge >= 0.3 is 0 Å². The van der Waals surface area contributed by atoms with E-state index in [1.54, 1.807) is 19.2 Å². The van der Waals surface area contributed by atoms with Gasteiger partial charge in [-0.1, -0.05) is 6.07 Å². The topological polar surface area (TPSA) is 84.2 Å². The van der Waals surface area contributed by atoms with Gasteiger partial charge < -0.3 is 10.4 Å². The zero-order valence-electron chi connectivity index (χ0n) is 10.8. The van der Waals surface area contributed by atoms with Gasteiger partial charge in [0.25, 0.3) is 0 Å². The highest BCUT2D eigenvalue weighted by molar-refractivity contribution is 6.02. The Labute approximate surface area is 115 Å². The largest absolute Gasteiger partial charge is 0.508 e. The normalized spacial score (nSPS) is 10.7. The van der Waals surface area contributed by atoms with E-state index >= 15 is 0 Å². The molecule has 102 valence electrons. The lowest BCUT2D eigenvalue weighted by Gasteiger charge is -2.06. The molecule has 0 spiro atoms. The lowest BCUT2D eigenvalue weighted by atomic mass is 10.2. The molecule has 1 heterocycles. The summed E-state index contributed by atoms with van der Waals surface area (Å²) in [5.74, 6) is -0.412. The van der Waals surface area contributed by atoms with Crippen molar-refractivity contribution in [1.29, 1.82) is 0 Å². The molecule has 0 saturated carbocycles. The third-order valence-corrected chi connectivity index (χ3v) is 2.54. The van der Waals surface area contributed by atoms with Crippen LogP contribution < -0.4 is 10.7 Å². The fourth-order valence-electron chi connectivity index (χ4n) is 1.60. The van der Waals surface area contributed by atoms with Gasteiger partial charge in [-0.05, 0) is 12.1 Å². The van der Waals surface area contributed by atoms with Gasteiger partial charge in [-0.15, -0.1) is 0 Å². The van der Waals surface area contributed by atoms with Crippen molar-refractivity contribution in [1.82, 2.24) is 15.1 Å². The van der Waals surface area contributed by atoms with Gasteiger partial charge in [-0.3, -0.25) is 9.59 Å². The summed E-state index contributed by atoms with van der Waals surface area (Å²) in [5, 5.41) is 16.1. The summed E-state index contributed by atoms with van der Waals surface area (Å²) in [6.45, 7) is 0. The van der Waals surface area contributed by atoms with Crippen LogP contribution in [-0.2, 0) is 0 Å². The Morgan fingerprint density at radius 2 is 2.20 bits per heavy atom. The molecule has 20 heavy (non-hydrogen) atoms. The van der Waals surface area contributed by atoms with Crippen LogP contribution in [0.3, 0.4) is 0 Å². The van der Waals surface area contributed by atoms with Gasteiger partial charge in [-0.2, -0.15) is 5.10 Å². The molecule has 2 aromatic rings. The van der Waals surface area contributed by atoms with Gasteiger partial charge in [0.05, 0.1) is 5.69 Å². The summed E-state index contributed by atoms with van der Waals surface area (Å²) in [4.78, 5) is 23.5.